The van der Waals surface area contributed by atoms with Gasteiger partial charge in [-0.1, -0.05) is 15.9 Å². The summed E-state index contributed by atoms with van der Waals surface area (Å²) in [5.74, 6) is 0.128. The molecular formula is C9H9BrF3NO. The monoisotopic (exact) mass is 283 g/mol. The number of rotatable bonds is 2. The zero-order valence-corrected chi connectivity index (χ0v) is 9.39. The molecule has 0 aromatic heterocycles. The van der Waals surface area contributed by atoms with Crippen molar-refractivity contribution in [2.24, 2.45) is 5.73 Å². The predicted molar refractivity (Wildman–Crippen MR) is 53.7 cm³/mol. The van der Waals surface area contributed by atoms with Crippen molar-refractivity contribution >= 4 is 15.9 Å². The third kappa shape index (κ3) is 2.85. The van der Waals surface area contributed by atoms with Gasteiger partial charge < -0.3 is 10.5 Å². The zero-order valence-electron chi connectivity index (χ0n) is 7.81. The van der Waals surface area contributed by atoms with Gasteiger partial charge in [-0.05, 0) is 18.2 Å². The Hall–Kier alpha value is -0.750. The van der Waals surface area contributed by atoms with Crippen LogP contribution in [0.1, 0.15) is 11.6 Å². The molecule has 84 valence electrons. The zero-order chi connectivity index (χ0) is 11.6. The molecule has 0 aliphatic rings. The van der Waals surface area contributed by atoms with Crippen LogP contribution in [0.2, 0.25) is 0 Å². The highest BCUT2D eigenvalue weighted by atomic mass is 79.9. The molecule has 6 heteroatoms. The second kappa shape index (κ2) is 4.40. The second-order valence-electron chi connectivity index (χ2n) is 2.91. The fourth-order valence-corrected chi connectivity index (χ4v) is 1.50. The van der Waals surface area contributed by atoms with E-state index in [0.29, 0.717) is 4.47 Å². The lowest BCUT2D eigenvalue weighted by Crippen LogP contribution is -2.28. The lowest BCUT2D eigenvalue weighted by atomic mass is 10.1. The largest absolute Gasteiger partial charge is 0.496 e. The third-order valence-corrected chi connectivity index (χ3v) is 2.37. The van der Waals surface area contributed by atoms with Crippen molar-refractivity contribution in [1.29, 1.82) is 0 Å². The smallest absolute Gasteiger partial charge is 0.407 e. The molecule has 0 saturated carbocycles. The third-order valence-electron chi connectivity index (χ3n) is 1.88. The average Bonchev–Trinajstić information content (AvgIpc) is 2.15. The van der Waals surface area contributed by atoms with E-state index in [9.17, 15) is 13.2 Å². The van der Waals surface area contributed by atoms with Gasteiger partial charge in [0.2, 0.25) is 0 Å². The lowest BCUT2D eigenvalue weighted by molar-refractivity contribution is -0.149. The maximum Gasteiger partial charge on any atom is 0.407 e. The minimum atomic E-state index is -4.48. The summed E-state index contributed by atoms with van der Waals surface area (Å²) in [5, 5.41) is 0. The van der Waals surface area contributed by atoms with Crippen molar-refractivity contribution in [2.45, 2.75) is 12.2 Å². The van der Waals surface area contributed by atoms with Crippen LogP contribution < -0.4 is 10.5 Å². The Morgan fingerprint density at radius 3 is 2.47 bits per heavy atom. The molecule has 2 N–H and O–H groups in total. The molecule has 0 amide bonds. The van der Waals surface area contributed by atoms with E-state index in [1.54, 1.807) is 6.07 Å². The summed E-state index contributed by atoms with van der Waals surface area (Å²) in [7, 11) is 1.30. The van der Waals surface area contributed by atoms with Gasteiger partial charge in [0.05, 0.1) is 7.11 Å². The molecule has 2 nitrogen and oxygen atoms in total. The molecular weight excluding hydrogens is 275 g/mol. The fraction of sp³-hybridized carbons (Fsp3) is 0.333. The molecule has 0 heterocycles. The van der Waals surface area contributed by atoms with Gasteiger partial charge in [0.25, 0.3) is 0 Å². The number of hydrogen-bond acceptors (Lipinski definition) is 2. The van der Waals surface area contributed by atoms with Crippen molar-refractivity contribution in [1.82, 2.24) is 0 Å². The Labute approximate surface area is 93.3 Å². The Bertz CT molecular complexity index is 354. The molecule has 0 fully saturated rings. The van der Waals surface area contributed by atoms with Crippen LogP contribution in [-0.4, -0.2) is 13.3 Å². The first-order chi connectivity index (χ1) is 6.86. The molecule has 15 heavy (non-hydrogen) atoms. The normalized spacial score (nSPS) is 13.7. The van der Waals surface area contributed by atoms with Crippen molar-refractivity contribution < 1.29 is 17.9 Å². The maximum absolute atomic E-state index is 12.4. The Kier molecular flexibility index (Phi) is 3.62. The molecule has 1 atom stereocenters. The van der Waals surface area contributed by atoms with Crippen molar-refractivity contribution in [3.05, 3.63) is 28.2 Å². The quantitative estimate of drug-likeness (QED) is 0.906. The summed E-state index contributed by atoms with van der Waals surface area (Å²) in [6, 6.07) is 2.29. The van der Waals surface area contributed by atoms with Crippen molar-refractivity contribution in [3.8, 4) is 5.75 Å². The van der Waals surface area contributed by atoms with E-state index < -0.39 is 12.2 Å². The molecule has 1 unspecified atom stereocenters. The van der Waals surface area contributed by atoms with E-state index in [1.807, 2.05) is 0 Å². The van der Waals surface area contributed by atoms with Gasteiger partial charge in [-0.15, -0.1) is 0 Å². The van der Waals surface area contributed by atoms with E-state index in [0.717, 1.165) is 0 Å². The number of nitrogens with two attached hydrogens (primary N) is 1. The summed E-state index contributed by atoms with van der Waals surface area (Å²) >= 11 is 3.08. The van der Waals surface area contributed by atoms with Crippen LogP contribution in [0.5, 0.6) is 5.75 Å². The highest BCUT2D eigenvalue weighted by molar-refractivity contribution is 9.10. The van der Waals surface area contributed by atoms with E-state index in [1.165, 1.54) is 19.2 Å². The minimum absolute atomic E-state index is 0.0839. The van der Waals surface area contributed by atoms with E-state index in [4.69, 9.17) is 10.5 Å². The topological polar surface area (TPSA) is 35.2 Å². The number of ether oxygens (including phenoxy) is 1. The van der Waals surface area contributed by atoms with Gasteiger partial charge in [-0.25, -0.2) is 0 Å². The molecule has 0 radical (unpaired) electrons. The first-order valence-electron chi connectivity index (χ1n) is 4.02. The Balaban J connectivity index is 3.17. The summed E-state index contributed by atoms with van der Waals surface area (Å²) in [6.07, 6.45) is -4.48. The first kappa shape index (κ1) is 12.3. The van der Waals surface area contributed by atoms with E-state index >= 15 is 0 Å². The van der Waals surface area contributed by atoms with E-state index in [-0.39, 0.29) is 11.3 Å². The van der Waals surface area contributed by atoms with Crippen LogP contribution in [0.4, 0.5) is 13.2 Å². The lowest BCUT2D eigenvalue weighted by Gasteiger charge is -2.18. The highest BCUT2D eigenvalue weighted by Gasteiger charge is 2.39. The summed E-state index contributed by atoms with van der Waals surface area (Å²) in [5.41, 5.74) is 5.01. The standard InChI is InChI=1S/C9H9BrF3NO/c1-15-7-3-2-5(10)4-6(7)8(14)9(11,12)13/h2-4,8H,14H2,1H3. The number of hydrogen-bond donors (Lipinski definition) is 1. The molecule has 0 aliphatic heterocycles. The predicted octanol–water partition coefficient (Wildman–Crippen LogP) is 3.02. The fourth-order valence-electron chi connectivity index (χ4n) is 1.12. The van der Waals surface area contributed by atoms with Gasteiger partial charge in [0, 0.05) is 10.0 Å². The molecule has 0 saturated heterocycles. The Morgan fingerprint density at radius 2 is 2.00 bits per heavy atom. The van der Waals surface area contributed by atoms with Gasteiger partial charge in [-0.3, -0.25) is 0 Å². The SMILES string of the molecule is COc1ccc(Br)cc1C(N)C(F)(F)F. The Morgan fingerprint density at radius 1 is 1.40 bits per heavy atom. The van der Waals surface area contributed by atoms with Crippen molar-refractivity contribution in [3.63, 3.8) is 0 Å². The number of halogens is 4. The van der Waals surface area contributed by atoms with Gasteiger partial charge >= 0.3 is 6.18 Å². The van der Waals surface area contributed by atoms with Crippen LogP contribution in [0, 0.1) is 0 Å². The van der Waals surface area contributed by atoms with Crippen LogP contribution in [0.15, 0.2) is 22.7 Å². The second-order valence-corrected chi connectivity index (χ2v) is 3.82. The van der Waals surface area contributed by atoms with Gasteiger partial charge in [-0.2, -0.15) is 13.2 Å². The minimum Gasteiger partial charge on any atom is -0.496 e. The highest BCUT2D eigenvalue weighted by Crippen LogP contribution is 2.36. The number of methoxy groups -OCH3 is 1. The van der Waals surface area contributed by atoms with Gasteiger partial charge in [0.15, 0.2) is 0 Å². The van der Waals surface area contributed by atoms with Crippen LogP contribution >= 0.6 is 15.9 Å². The molecule has 0 aliphatic carbocycles. The van der Waals surface area contributed by atoms with Gasteiger partial charge in [0.1, 0.15) is 11.8 Å². The average molecular weight is 284 g/mol. The van der Waals surface area contributed by atoms with Crippen LogP contribution in [0.25, 0.3) is 0 Å². The molecule has 1 rings (SSSR count). The number of benzene rings is 1. The first-order valence-corrected chi connectivity index (χ1v) is 4.81. The summed E-state index contributed by atoms with van der Waals surface area (Å²) in [4.78, 5) is 0. The summed E-state index contributed by atoms with van der Waals surface area (Å²) < 4.78 is 42.5. The van der Waals surface area contributed by atoms with Crippen molar-refractivity contribution in [2.75, 3.05) is 7.11 Å². The van der Waals surface area contributed by atoms with Crippen LogP contribution in [0.3, 0.4) is 0 Å². The molecule has 0 bridgehead atoms. The molecule has 1 aromatic carbocycles. The summed E-state index contributed by atoms with van der Waals surface area (Å²) in [6.45, 7) is 0. The molecule has 0 spiro atoms. The maximum atomic E-state index is 12.4. The van der Waals surface area contributed by atoms with Crippen LogP contribution in [-0.2, 0) is 0 Å². The molecule has 1 aromatic rings. The van der Waals surface area contributed by atoms with E-state index in [2.05, 4.69) is 15.9 Å². The number of alkyl halides is 3.